The number of rotatable bonds is 5. The normalized spacial score (nSPS) is 15.1. The number of carbonyl (C=O) groups excluding carboxylic acids is 2. The Kier molecular flexibility index (Phi) is 6.34. The number of hydrogen-bond acceptors (Lipinski definition) is 3. The summed E-state index contributed by atoms with van der Waals surface area (Å²) in [5.41, 5.74) is 2.89. The molecule has 2 heterocycles. The summed E-state index contributed by atoms with van der Waals surface area (Å²) in [6.45, 7) is 0.431. The predicted molar refractivity (Wildman–Crippen MR) is 138 cm³/mol. The van der Waals surface area contributed by atoms with Crippen LogP contribution in [0.5, 0.6) is 0 Å². The van der Waals surface area contributed by atoms with Gasteiger partial charge in [0.05, 0.1) is 18.0 Å². The van der Waals surface area contributed by atoms with Crippen LogP contribution < -0.4 is 0 Å². The molecule has 0 atom stereocenters. The van der Waals surface area contributed by atoms with E-state index in [2.05, 4.69) is 15.9 Å². The molecule has 0 saturated carbocycles. The fourth-order valence-corrected chi connectivity index (χ4v) is 5.41. The summed E-state index contributed by atoms with van der Waals surface area (Å²) in [4.78, 5) is 27.3. The molecule has 3 aromatic carbocycles. The first-order chi connectivity index (χ1) is 16.4. The van der Waals surface area contributed by atoms with Gasteiger partial charge >= 0.3 is 0 Å². The van der Waals surface area contributed by atoms with Crippen molar-refractivity contribution in [2.75, 3.05) is 0 Å². The van der Waals surface area contributed by atoms with Gasteiger partial charge in [-0.1, -0.05) is 70.0 Å². The van der Waals surface area contributed by atoms with Crippen LogP contribution in [-0.2, 0) is 17.9 Å². The Labute approximate surface area is 213 Å². The van der Waals surface area contributed by atoms with Gasteiger partial charge in [-0.2, -0.15) is 0 Å². The molecule has 0 N–H and O–H groups in total. The van der Waals surface area contributed by atoms with Crippen molar-refractivity contribution in [2.45, 2.75) is 13.1 Å². The topological polar surface area (TPSA) is 42.3 Å². The maximum atomic E-state index is 14.4. The van der Waals surface area contributed by atoms with Crippen LogP contribution in [0.1, 0.15) is 16.7 Å². The van der Waals surface area contributed by atoms with E-state index in [0.29, 0.717) is 15.5 Å². The lowest BCUT2D eigenvalue weighted by Crippen LogP contribution is -2.27. The summed E-state index contributed by atoms with van der Waals surface area (Å²) < 4.78 is 17.2. The number of fused-ring (bicyclic) bond motifs is 1. The highest BCUT2D eigenvalue weighted by atomic mass is 79.9. The molecule has 1 aromatic heterocycles. The lowest BCUT2D eigenvalue weighted by Gasteiger charge is -2.13. The van der Waals surface area contributed by atoms with Crippen molar-refractivity contribution in [3.63, 3.8) is 0 Å². The maximum absolute atomic E-state index is 14.4. The molecular formula is C26H17BrClFN2O2S. The molecule has 0 radical (unpaired) electrons. The van der Waals surface area contributed by atoms with Crippen LogP contribution in [0.3, 0.4) is 0 Å². The average Bonchev–Trinajstić information content (AvgIpc) is 3.30. The van der Waals surface area contributed by atoms with E-state index in [1.807, 2.05) is 59.3 Å². The highest BCUT2D eigenvalue weighted by molar-refractivity contribution is 9.10. The van der Waals surface area contributed by atoms with Crippen molar-refractivity contribution < 1.29 is 14.0 Å². The first kappa shape index (κ1) is 22.9. The van der Waals surface area contributed by atoms with Crippen LogP contribution in [0.15, 0.2) is 82.3 Å². The van der Waals surface area contributed by atoms with Gasteiger partial charge in [-0.15, -0.1) is 0 Å². The number of halogens is 3. The highest BCUT2D eigenvalue weighted by Crippen LogP contribution is 2.36. The first-order valence-corrected chi connectivity index (χ1v) is 12.4. The van der Waals surface area contributed by atoms with Crippen molar-refractivity contribution in [3.8, 4) is 0 Å². The fraction of sp³-hybridized carbons (Fsp3) is 0.0769. The van der Waals surface area contributed by atoms with Crippen molar-refractivity contribution in [1.29, 1.82) is 0 Å². The second-order valence-electron chi connectivity index (χ2n) is 7.79. The zero-order valence-corrected chi connectivity index (χ0v) is 20.8. The lowest BCUT2D eigenvalue weighted by atomic mass is 10.1. The fourth-order valence-electron chi connectivity index (χ4n) is 3.95. The zero-order chi connectivity index (χ0) is 23.8. The van der Waals surface area contributed by atoms with Crippen LogP contribution in [-0.4, -0.2) is 20.6 Å². The SMILES string of the molecule is O=C1S/C(=C\c2cn(Cc3c(F)cccc3Cl)c3ccccc23)C(=O)N1Cc1ccccc1Br. The quantitative estimate of drug-likeness (QED) is 0.240. The van der Waals surface area contributed by atoms with Gasteiger partial charge in [0.1, 0.15) is 5.82 Å². The van der Waals surface area contributed by atoms with E-state index in [0.717, 1.165) is 38.3 Å². The van der Waals surface area contributed by atoms with Crippen LogP contribution in [0.25, 0.3) is 17.0 Å². The molecule has 0 unspecified atom stereocenters. The van der Waals surface area contributed by atoms with Crippen LogP contribution >= 0.6 is 39.3 Å². The number of thioether (sulfide) groups is 1. The van der Waals surface area contributed by atoms with Gasteiger partial charge in [-0.05, 0) is 47.7 Å². The maximum Gasteiger partial charge on any atom is 0.293 e. The minimum atomic E-state index is -0.375. The zero-order valence-electron chi connectivity index (χ0n) is 17.7. The van der Waals surface area contributed by atoms with E-state index < -0.39 is 0 Å². The Hall–Kier alpha value is -2.87. The molecule has 2 amide bonds. The third kappa shape index (κ3) is 4.31. The molecular weight excluding hydrogens is 539 g/mol. The Balaban J connectivity index is 1.49. The van der Waals surface area contributed by atoms with E-state index in [9.17, 15) is 14.0 Å². The Morgan fingerprint density at radius 3 is 2.53 bits per heavy atom. The third-order valence-electron chi connectivity index (χ3n) is 5.66. The standard InChI is InChI=1S/C26H17BrClFN2O2S/c27-20-8-3-1-6-16(20)14-31-25(32)24(34-26(31)33)12-17-13-30(23-11-4-2-7-18(17)23)15-19-21(28)9-5-10-22(19)29/h1-13H,14-15H2/b24-12-. The summed E-state index contributed by atoms with van der Waals surface area (Å²) in [6, 6.07) is 19.8. The summed E-state index contributed by atoms with van der Waals surface area (Å²) in [5, 5.41) is 0.939. The molecule has 1 aliphatic heterocycles. The molecule has 34 heavy (non-hydrogen) atoms. The number of imide groups is 1. The number of para-hydroxylation sites is 1. The van der Waals surface area contributed by atoms with E-state index in [-0.39, 0.29) is 30.1 Å². The molecule has 0 aliphatic carbocycles. The summed E-state index contributed by atoms with van der Waals surface area (Å²) >= 11 is 10.6. The van der Waals surface area contributed by atoms with E-state index in [4.69, 9.17) is 11.6 Å². The summed E-state index contributed by atoms with van der Waals surface area (Å²) in [7, 11) is 0. The lowest BCUT2D eigenvalue weighted by molar-refractivity contribution is -0.123. The van der Waals surface area contributed by atoms with Gasteiger partial charge in [0.15, 0.2) is 0 Å². The Morgan fingerprint density at radius 1 is 0.971 bits per heavy atom. The molecule has 1 aliphatic rings. The van der Waals surface area contributed by atoms with Gasteiger partial charge in [0.2, 0.25) is 0 Å². The molecule has 0 spiro atoms. The molecule has 1 saturated heterocycles. The summed E-state index contributed by atoms with van der Waals surface area (Å²) in [5.74, 6) is -0.709. The van der Waals surface area contributed by atoms with Crippen LogP contribution in [0.4, 0.5) is 9.18 Å². The molecule has 170 valence electrons. The second-order valence-corrected chi connectivity index (χ2v) is 10.0. The smallest absolute Gasteiger partial charge is 0.293 e. The van der Waals surface area contributed by atoms with Gasteiger partial charge in [0.25, 0.3) is 11.1 Å². The predicted octanol–water partition coefficient (Wildman–Crippen LogP) is 7.48. The molecule has 8 heteroatoms. The van der Waals surface area contributed by atoms with Gasteiger partial charge < -0.3 is 4.57 Å². The van der Waals surface area contributed by atoms with E-state index >= 15 is 0 Å². The number of aromatic nitrogens is 1. The van der Waals surface area contributed by atoms with E-state index in [1.165, 1.54) is 11.0 Å². The van der Waals surface area contributed by atoms with Crippen molar-refractivity contribution in [2.24, 2.45) is 0 Å². The largest absolute Gasteiger partial charge is 0.342 e. The Bertz CT molecular complexity index is 1460. The van der Waals surface area contributed by atoms with E-state index in [1.54, 1.807) is 18.2 Å². The molecule has 5 rings (SSSR count). The number of carbonyl (C=O) groups is 2. The first-order valence-electron chi connectivity index (χ1n) is 10.4. The molecule has 0 bridgehead atoms. The number of hydrogen-bond donors (Lipinski definition) is 0. The number of nitrogens with zero attached hydrogens (tertiary/aromatic N) is 2. The molecule has 1 fully saturated rings. The Morgan fingerprint density at radius 2 is 1.74 bits per heavy atom. The number of benzene rings is 3. The monoisotopic (exact) mass is 554 g/mol. The van der Waals surface area contributed by atoms with Crippen molar-refractivity contribution in [3.05, 3.63) is 110 Å². The van der Waals surface area contributed by atoms with Gasteiger partial charge in [-0.25, -0.2) is 4.39 Å². The second kappa shape index (κ2) is 9.41. The highest BCUT2D eigenvalue weighted by Gasteiger charge is 2.35. The van der Waals surface area contributed by atoms with Gasteiger partial charge in [0, 0.05) is 37.7 Å². The molecule has 4 nitrogen and oxygen atoms in total. The van der Waals surface area contributed by atoms with Crippen LogP contribution in [0, 0.1) is 5.82 Å². The van der Waals surface area contributed by atoms with Crippen molar-refractivity contribution in [1.82, 2.24) is 9.47 Å². The summed E-state index contributed by atoms with van der Waals surface area (Å²) in [6.07, 6.45) is 3.59. The third-order valence-corrected chi connectivity index (χ3v) is 7.69. The average molecular weight is 556 g/mol. The van der Waals surface area contributed by atoms with Gasteiger partial charge in [-0.3, -0.25) is 14.5 Å². The minimum Gasteiger partial charge on any atom is -0.342 e. The molecule has 4 aromatic rings. The number of amides is 2. The van der Waals surface area contributed by atoms with Crippen molar-refractivity contribution >= 4 is 67.4 Å². The minimum absolute atomic E-state index is 0.191. The van der Waals surface area contributed by atoms with Crippen LogP contribution in [0.2, 0.25) is 5.02 Å².